The average Bonchev–Trinajstić information content (AvgIpc) is 3.25. The van der Waals surface area contributed by atoms with Gasteiger partial charge >= 0.3 is 12.1 Å². The van der Waals surface area contributed by atoms with Crippen molar-refractivity contribution in [3.63, 3.8) is 0 Å². The number of carbonyl (C=O) groups is 1. The van der Waals surface area contributed by atoms with E-state index in [-0.39, 0.29) is 23.4 Å². The van der Waals surface area contributed by atoms with E-state index in [9.17, 15) is 23.1 Å². The topological polar surface area (TPSA) is 61.8 Å². The Morgan fingerprint density at radius 3 is 2.71 bits per heavy atom. The van der Waals surface area contributed by atoms with Crippen LogP contribution in [0.25, 0.3) is 10.8 Å². The molecule has 1 aliphatic rings. The summed E-state index contributed by atoms with van der Waals surface area (Å²) in [5.41, 5.74) is 2.24. The van der Waals surface area contributed by atoms with Gasteiger partial charge in [0.2, 0.25) is 0 Å². The molecule has 0 aliphatic carbocycles. The van der Waals surface area contributed by atoms with Gasteiger partial charge in [0.15, 0.2) is 6.61 Å². The number of benzene rings is 3. The largest absolute Gasteiger partial charge is 0.484 e. The summed E-state index contributed by atoms with van der Waals surface area (Å²) in [6.07, 6.45) is -4.00. The van der Waals surface area contributed by atoms with Gasteiger partial charge in [-0.25, -0.2) is 0 Å². The van der Waals surface area contributed by atoms with Crippen LogP contribution in [0.4, 0.5) is 18.9 Å². The third kappa shape index (κ3) is 5.80. The standard InChI is InChI=1S/C26H27F3N2O3/c1-17(22-8-4-6-18-5-2-3-7-23(18)22)30-20-11-12-31(15-20)21-9-10-24(34-16-26(27,28)29)19(13-21)14-25(32)33/h2-10,13,17,20,30H,11-12,14-16H2,1H3,(H,32,33)/t17-,20+/m1/s1. The Kier molecular flexibility index (Phi) is 6.97. The molecule has 34 heavy (non-hydrogen) atoms. The number of hydrogen-bond donors (Lipinski definition) is 2. The van der Waals surface area contributed by atoms with E-state index in [2.05, 4.69) is 47.5 Å². The zero-order chi connectivity index (χ0) is 24.3. The fourth-order valence-corrected chi connectivity index (χ4v) is 4.57. The maximum Gasteiger partial charge on any atom is 0.422 e. The molecule has 3 aromatic rings. The van der Waals surface area contributed by atoms with Gasteiger partial charge in [0.25, 0.3) is 0 Å². The first kappa shape index (κ1) is 23.9. The molecule has 1 heterocycles. The van der Waals surface area contributed by atoms with Crippen molar-refractivity contribution in [2.45, 2.75) is 38.0 Å². The number of anilines is 1. The zero-order valence-corrected chi connectivity index (χ0v) is 18.8. The van der Waals surface area contributed by atoms with Crippen LogP contribution in [0.1, 0.15) is 30.5 Å². The summed E-state index contributed by atoms with van der Waals surface area (Å²) in [5, 5.41) is 15.3. The van der Waals surface area contributed by atoms with Gasteiger partial charge in [-0.05, 0) is 47.9 Å². The summed E-state index contributed by atoms with van der Waals surface area (Å²) in [5.74, 6) is -1.18. The number of carboxylic acid groups (broad SMARTS) is 1. The molecule has 0 amide bonds. The van der Waals surface area contributed by atoms with Crippen LogP contribution in [-0.4, -0.2) is 43.0 Å². The van der Waals surface area contributed by atoms with Crippen molar-refractivity contribution in [1.29, 1.82) is 0 Å². The summed E-state index contributed by atoms with van der Waals surface area (Å²) in [4.78, 5) is 13.4. The number of alkyl halides is 3. The molecule has 2 atom stereocenters. The van der Waals surface area contributed by atoms with Gasteiger partial charge in [-0.2, -0.15) is 13.2 Å². The van der Waals surface area contributed by atoms with Gasteiger partial charge in [0, 0.05) is 36.4 Å². The van der Waals surface area contributed by atoms with Crippen LogP contribution in [0.2, 0.25) is 0 Å². The first-order chi connectivity index (χ1) is 16.2. The van der Waals surface area contributed by atoms with Crippen LogP contribution in [-0.2, 0) is 11.2 Å². The van der Waals surface area contributed by atoms with E-state index >= 15 is 0 Å². The number of fused-ring (bicyclic) bond motifs is 1. The minimum atomic E-state index is -4.49. The SMILES string of the molecule is C[C@@H](N[C@H]1CCN(c2ccc(OCC(F)(F)F)c(CC(=O)O)c2)C1)c1cccc2ccccc12. The van der Waals surface area contributed by atoms with Crippen molar-refractivity contribution in [2.75, 3.05) is 24.6 Å². The molecular weight excluding hydrogens is 445 g/mol. The molecule has 4 rings (SSSR count). The van der Waals surface area contributed by atoms with E-state index in [0.29, 0.717) is 6.54 Å². The van der Waals surface area contributed by atoms with Crippen LogP contribution in [0.15, 0.2) is 60.7 Å². The van der Waals surface area contributed by atoms with E-state index in [0.717, 1.165) is 18.7 Å². The second-order valence-electron chi connectivity index (χ2n) is 8.65. The lowest BCUT2D eigenvalue weighted by Crippen LogP contribution is -2.34. The van der Waals surface area contributed by atoms with Crippen LogP contribution < -0.4 is 15.0 Å². The van der Waals surface area contributed by atoms with Crippen molar-refractivity contribution in [3.8, 4) is 5.75 Å². The Bertz CT molecular complexity index is 1160. The second kappa shape index (κ2) is 9.93. The lowest BCUT2D eigenvalue weighted by molar-refractivity contribution is -0.153. The maximum atomic E-state index is 12.6. The monoisotopic (exact) mass is 472 g/mol. The highest BCUT2D eigenvalue weighted by molar-refractivity contribution is 5.86. The van der Waals surface area contributed by atoms with Crippen molar-refractivity contribution in [1.82, 2.24) is 5.32 Å². The number of hydrogen-bond acceptors (Lipinski definition) is 4. The summed E-state index contributed by atoms with van der Waals surface area (Å²) in [7, 11) is 0. The van der Waals surface area contributed by atoms with Crippen LogP contribution in [0.5, 0.6) is 5.75 Å². The minimum Gasteiger partial charge on any atom is -0.484 e. The predicted octanol–water partition coefficient (Wildman–Crippen LogP) is 5.34. The third-order valence-electron chi connectivity index (χ3n) is 6.11. The first-order valence-electron chi connectivity index (χ1n) is 11.2. The molecule has 1 saturated heterocycles. The molecule has 1 aliphatic heterocycles. The quantitative estimate of drug-likeness (QED) is 0.464. The molecule has 5 nitrogen and oxygen atoms in total. The number of ether oxygens (including phenoxy) is 1. The Morgan fingerprint density at radius 1 is 1.18 bits per heavy atom. The van der Waals surface area contributed by atoms with E-state index < -0.39 is 25.2 Å². The molecule has 0 aromatic heterocycles. The van der Waals surface area contributed by atoms with Crippen LogP contribution in [0, 0.1) is 0 Å². The number of aliphatic carboxylic acids is 1. The number of carboxylic acids is 1. The van der Waals surface area contributed by atoms with Gasteiger partial charge < -0.3 is 20.1 Å². The van der Waals surface area contributed by atoms with E-state index in [1.54, 1.807) is 12.1 Å². The smallest absolute Gasteiger partial charge is 0.422 e. The van der Waals surface area contributed by atoms with Gasteiger partial charge in [-0.1, -0.05) is 42.5 Å². The Morgan fingerprint density at radius 2 is 1.94 bits per heavy atom. The Balaban J connectivity index is 1.45. The number of rotatable bonds is 8. The lowest BCUT2D eigenvalue weighted by Gasteiger charge is -2.23. The molecule has 8 heteroatoms. The zero-order valence-electron chi connectivity index (χ0n) is 18.8. The molecule has 0 radical (unpaired) electrons. The maximum absolute atomic E-state index is 12.6. The second-order valence-corrected chi connectivity index (χ2v) is 8.65. The predicted molar refractivity (Wildman–Crippen MR) is 125 cm³/mol. The molecular formula is C26H27F3N2O3. The highest BCUT2D eigenvalue weighted by Gasteiger charge is 2.29. The number of nitrogens with one attached hydrogen (secondary N) is 1. The van der Waals surface area contributed by atoms with Crippen LogP contribution in [0.3, 0.4) is 0 Å². The highest BCUT2D eigenvalue weighted by atomic mass is 19.4. The summed E-state index contributed by atoms with van der Waals surface area (Å²) in [6, 6.07) is 19.7. The van der Waals surface area contributed by atoms with E-state index in [1.807, 2.05) is 12.1 Å². The summed E-state index contributed by atoms with van der Waals surface area (Å²) >= 11 is 0. The van der Waals surface area contributed by atoms with Crippen molar-refractivity contribution >= 4 is 22.4 Å². The molecule has 2 N–H and O–H groups in total. The van der Waals surface area contributed by atoms with Gasteiger partial charge in [0.05, 0.1) is 6.42 Å². The van der Waals surface area contributed by atoms with Crippen molar-refractivity contribution < 1.29 is 27.8 Å². The molecule has 1 fully saturated rings. The molecule has 0 spiro atoms. The summed E-state index contributed by atoms with van der Waals surface area (Å²) < 4.78 is 42.5. The Labute approximate surface area is 196 Å². The summed E-state index contributed by atoms with van der Waals surface area (Å²) in [6.45, 7) is 2.16. The molecule has 180 valence electrons. The van der Waals surface area contributed by atoms with E-state index in [4.69, 9.17) is 4.74 Å². The van der Waals surface area contributed by atoms with Crippen molar-refractivity contribution in [3.05, 3.63) is 71.8 Å². The fourth-order valence-electron chi connectivity index (χ4n) is 4.57. The molecule has 0 unspecified atom stereocenters. The highest BCUT2D eigenvalue weighted by Crippen LogP contribution is 2.31. The van der Waals surface area contributed by atoms with Crippen molar-refractivity contribution in [2.24, 2.45) is 0 Å². The lowest BCUT2D eigenvalue weighted by atomic mass is 9.99. The van der Waals surface area contributed by atoms with Gasteiger partial charge in [0.1, 0.15) is 5.75 Å². The van der Waals surface area contributed by atoms with Crippen LogP contribution >= 0.6 is 0 Å². The van der Waals surface area contributed by atoms with Gasteiger partial charge in [-0.3, -0.25) is 4.79 Å². The minimum absolute atomic E-state index is 0.0538. The normalized spacial score (nSPS) is 17.2. The Hall–Kier alpha value is -3.26. The molecule has 3 aromatic carbocycles. The number of nitrogens with zero attached hydrogens (tertiary/aromatic N) is 1. The first-order valence-corrected chi connectivity index (χ1v) is 11.2. The third-order valence-corrected chi connectivity index (χ3v) is 6.11. The fraction of sp³-hybridized carbons (Fsp3) is 0.346. The molecule has 0 bridgehead atoms. The average molecular weight is 473 g/mol. The van der Waals surface area contributed by atoms with Gasteiger partial charge in [-0.15, -0.1) is 0 Å². The number of halogens is 3. The van der Waals surface area contributed by atoms with E-state index in [1.165, 1.54) is 22.4 Å². The molecule has 0 saturated carbocycles.